The van der Waals surface area contributed by atoms with E-state index in [0.29, 0.717) is 6.54 Å². The normalized spacial score (nSPS) is 12.3. The molecule has 0 saturated heterocycles. The van der Waals surface area contributed by atoms with Gasteiger partial charge in [-0.15, -0.1) is 11.3 Å². The Morgan fingerprint density at radius 3 is 2.42 bits per heavy atom. The van der Waals surface area contributed by atoms with Crippen LogP contribution in [0.15, 0.2) is 6.07 Å². The van der Waals surface area contributed by atoms with Crippen LogP contribution in [-0.2, 0) is 11.3 Å². The van der Waals surface area contributed by atoms with E-state index in [1.54, 1.807) is 25.2 Å². The van der Waals surface area contributed by atoms with Crippen LogP contribution in [0.25, 0.3) is 0 Å². The summed E-state index contributed by atoms with van der Waals surface area (Å²) in [7, 11) is 0. The molecule has 106 valence electrons. The maximum Gasteiger partial charge on any atom is 0.326 e. The summed E-state index contributed by atoms with van der Waals surface area (Å²) in [6.45, 7) is 7.98. The number of nitrogens with one attached hydrogen (secondary N) is 2. The van der Waals surface area contributed by atoms with E-state index in [1.807, 2.05) is 19.9 Å². The molecule has 0 aliphatic heterocycles. The number of urea groups is 1. The Labute approximate surface area is 117 Å². The van der Waals surface area contributed by atoms with Crippen molar-refractivity contribution < 1.29 is 14.7 Å². The summed E-state index contributed by atoms with van der Waals surface area (Å²) < 4.78 is 0. The topological polar surface area (TPSA) is 78.4 Å². The Balaban J connectivity index is 2.49. The molecule has 0 aliphatic carbocycles. The van der Waals surface area contributed by atoms with Crippen molar-refractivity contribution in [2.45, 2.75) is 40.3 Å². The lowest BCUT2D eigenvalue weighted by molar-refractivity contribution is -0.140. The zero-order valence-electron chi connectivity index (χ0n) is 11.6. The van der Waals surface area contributed by atoms with Crippen molar-refractivity contribution >= 4 is 23.3 Å². The summed E-state index contributed by atoms with van der Waals surface area (Å²) in [6.07, 6.45) is 0. The molecule has 1 heterocycles. The molecule has 0 aliphatic rings. The second-order valence-electron chi connectivity index (χ2n) is 4.84. The van der Waals surface area contributed by atoms with Crippen LogP contribution in [0.3, 0.4) is 0 Å². The summed E-state index contributed by atoms with van der Waals surface area (Å²) >= 11 is 1.63. The number of aryl methyl sites for hydroxylation is 2. The van der Waals surface area contributed by atoms with Crippen LogP contribution in [0, 0.1) is 19.8 Å². The van der Waals surface area contributed by atoms with Gasteiger partial charge in [0, 0.05) is 9.75 Å². The van der Waals surface area contributed by atoms with Crippen molar-refractivity contribution in [1.29, 1.82) is 0 Å². The lowest BCUT2D eigenvalue weighted by Crippen LogP contribution is -2.48. The highest BCUT2D eigenvalue weighted by atomic mass is 32.1. The summed E-state index contributed by atoms with van der Waals surface area (Å²) in [4.78, 5) is 24.9. The van der Waals surface area contributed by atoms with E-state index in [4.69, 9.17) is 5.11 Å². The van der Waals surface area contributed by atoms with Gasteiger partial charge in [0.25, 0.3) is 0 Å². The van der Waals surface area contributed by atoms with E-state index in [2.05, 4.69) is 10.6 Å². The number of hydrogen-bond acceptors (Lipinski definition) is 3. The first-order valence-electron chi connectivity index (χ1n) is 6.14. The fourth-order valence-corrected chi connectivity index (χ4v) is 2.60. The number of carboxylic acid groups (broad SMARTS) is 1. The molecule has 3 N–H and O–H groups in total. The number of thiophene rings is 1. The Morgan fingerprint density at radius 2 is 2.00 bits per heavy atom. The largest absolute Gasteiger partial charge is 0.480 e. The third-order valence-electron chi connectivity index (χ3n) is 2.86. The Morgan fingerprint density at radius 1 is 1.37 bits per heavy atom. The van der Waals surface area contributed by atoms with Crippen LogP contribution in [-0.4, -0.2) is 23.1 Å². The van der Waals surface area contributed by atoms with Gasteiger partial charge in [0.2, 0.25) is 0 Å². The van der Waals surface area contributed by atoms with Crippen LogP contribution in [0.1, 0.15) is 29.2 Å². The molecular formula is C13H20N2O3S. The molecule has 19 heavy (non-hydrogen) atoms. The standard InChI is InChI=1S/C13H20N2O3S/c1-7(2)11(12(16)17)15-13(18)14-6-10-5-8(3)9(4)19-10/h5,7,11H,6H2,1-4H3,(H,16,17)(H2,14,15,18). The van der Waals surface area contributed by atoms with E-state index in [9.17, 15) is 9.59 Å². The molecule has 5 nitrogen and oxygen atoms in total. The third-order valence-corrected chi connectivity index (χ3v) is 4.01. The molecule has 0 spiro atoms. The first-order valence-corrected chi connectivity index (χ1v) is 6.96. The van der Waals surface area contributed by atoms with Crippen molar-refractivity contribution in [3.05, 3.63) is 21.4 Å². The second-order valence-corrected chi connectivity index (χ2v) is 6.18. The average Bonchev–Trinajstić information content (AvgIpc) is 2.62. The van der Waals surface area contributed by atoms with E-state index in [1.165, 1.54) is 10.4 Å². The number of carboxylic acids is 1. The molecule has 0 radical (unpaired) electrons. The predicted molar refractivity (Wildman–Crippen MR) is 75.4 cm³/mol. The van der Waals surface area contributed by atoms with Gasteiger partial charge in [-0.2, -0.15) is 0 Å². The molecule has 2 amide bonds. The SMILES string of the molecule is Cc1cc(CNC(=O)NC(C(=O)O)C(C)C)sc1C. The van der Waals surface area contributed by atoms with E-state index in [-0.39, 0.29) is 5.92 Å². The highest BCUT2D eigenvalue weighted by Gasteiger charge is 2.23. The van der Waals surface area contributed by atoms with Crippen LogP contribution >= 0.6 is 11.3 Å². The lowest BCUT2D eigenvalue weighted by atomic mass is 10.1. The highest BCUT2D eigenvalue weighted by molar-refractivity contribution is 7.12. The maximum absolute atomic E-state index is 11.6. The molecule has 1 atom stereocenters. The molecule has 0 saturated carbocycles. The zero-order valence-corrected chi connectivity index (χ0v) is 12.4. The molecule has 6 heteroatoms. The quantitative estimate of drug-likeness (QED) is 0.776. The van der Waals surface area contributed by atoms with Crippen LogP contribution in [0.4, 0.5) is 4.79 Å². The molecular weight excluding hydrogens is 264 g/mol. The smallest absolute Gasteiger partial charge is 0.326 e. The maximum atomic E-state index is 11.6. The lowest BCUT2D eigenvalue weighted by Gasteiger charge is -2.18. The van der Waals surface area contributed by atoms with Gasteiger partial charge in [-0.05, 0) is 31.4 Å². The first kappa shape index (κ1) is 15.5. The number of rotatable bonds is 5. The number of hydrogen-bond donors (Lipinski definition) is 3. The monoisotopic (exact) mass is 284 g/mol. The van der Waals surface area contributed by atoms with Crippen LogP contribution in [0.5, 0.6) is 0 Å². The third kappa shape index (κ3) is 4.55. The van der Waals surface area contributed by atoms with Crippen LogP contribution in [0.2, 0.25) is 0 Å². The predicted octanol–water partition coefficient (Wildman–Crippen LogP) is 2.27. The Hall–Kier alpha value is -1.56. The highest BCUT2D eigenvalue weighted by Crippen LogP contribution is 2.20. The Bertz CT molecular complexity index is 449. The van der Waals surface area contributed by atoms with Crippen LogP contribution < -0.4 is 10.6 Å². The van der Waals surface area contributed by atoms with Gasteiger partial charge in [0.15, 0.2) is 0 Å². The van der Waals surface area contributed by atoms with Crippen molar-refractivity contribution in [2.24, 2.45) is 5.92 Å². The number of amides is 2. The number of carbonyl (C=O) groups is 2. The fraction of sp³-hybridized carbons (Fsp3) is 0.538. The zero-order chi connectivity index (χ0) is 14.6. The van der Waals surface area contributed by atoms with E-state index >= 15 is 0 Å². The van der Waals surface area contributed by atoms with E-state index in [0.717, 1.165) is 4.88 Å². The second kappa shape index (κ2) is 6.56. The minimum absolute atomic E-state index is 0.158. The molecule has 0 aromatic carbocycles. The van der Waals surface area contributed by atoms with Gasteiger partial charge >= 0.3 is 12.0 Å². The summed E-state index contributed by atoms with van der Waals surface area (Å²) in [5, 5.41) is 14.1. The summed E-state index contributed by atoms with van der Waals surface area (Å²) in [6, 6.07) is 0.703. The summed E-state index contributed by atoms with van der Waals surface area (Å²) in [5.74, 6) is -1.18. The van der Waals surface area contributed by atoms with Gasteiger partial charge in [0.1, 0.15) is 6.04 Å². The minimum Gasteiger partial charge on any atom is -0.480 e. The van der Waals surface area contributed by atoms with Gasteiger partial charge in [-0.3, -0.25) is 0 Å². The molecule has 0 fully saturated rings. The van der Waals surface area contributed by atoms with Gasteiger partial charge in [-0.1, -0.05) is 13.8 Å². The van der Waals surface area contributed by atoms with Gasteiger partial charge in [-0.25, -0.2) is 9.59 Å². The van der Waals surface area contributed by atoms with Crippen molar-refractivity contribution in [3.63, 3.8) is 0 Å². The minimum atomic E-state index is -1.02. The first-order chi connectivity index (χ1) is 8.81. The fourth-order valence-electron chi connectivity index (χ4n) is 1.61. The van der Waals surface area contributed by atoms with Crippen molar-refractivity contribution in [1.82, 2.24) is 10.6 Å². The van der Waals surface area contributed by atoms with Gasteiger partial charge < -0.3 is 15.7 Å². The Kier molecular flexibility index (Phi) is 5.35. The molecule has 0 bridgehead atoms. The molecule has 1 aromatic rings. The molecule has 1 aromatic heterocycles. The van der Waals surface area contributed by atoms with Crippen molar-refractivity contribution in [2.75, 3.05) is 0 Å². The van der Waals surface area contributed by atoms with Gasteiger partial charge in [0.05, 0.1) is 6.54 Å². The van der Waals surface area contributed by atoms with Crippen molar-refractivity contribution in [3.8, 4) is 0 Å². The number of aliphatic carboxylic acids is 1. The van der Waals surface area contributed by atoms with E-state index < -0.39 is 18.0 Å². The molecule has 1 unspecified atom stereocenters. The summed E-state index contributed by atoms with van der Waals surface area (Å²) in [5.41, 5.74) is 1.20. The number of carbonyl (C=O) groups excluding carboxylic acids is 1. The molecule has 1 rings (SSSR count). The average molecular weight is 284 g/mol.